The fourth-order valence-electron chi connectivity index (χ4n) is 1.07. The lowest BCUT2D eigenvalue weighted by Gasteiger charge is -2.06. The van der Waals surface area contributed by atoms with Crippen LogP contribution in [0.4, 0.5) is 0 Å². The van der Waals surface area contributed by atoms with Gasteiger partial charge >= 0.3 is 0 Å². The normalized spacial score (nSPS) is 10.4. The third-order valence-electron chi connectivity index (χ3n) is 1.70. The molecule has 2 N–H and O–H groups in total. The Labute approximate surface area is 87.2 Å². The highest BCUT2D eigenvalue weighted by Crippen LogP contribution is 2.28. The summed E-state index contributed by atoms with van der Waals surface area (Å²) in [6.45, 7) is 0.474. The van der Waals surface area contributed by atoms with E-state index in [1.165, 1.54) is 9.79 Å². The summed E-state index contributed by atoms with van der Waals surface area (Å²) in [7, 11) is 0. The molecule has 0 aliphatic carbocycles. The highest BCUT2D eigenvalue weighted by atomic mass is 32.2. The monoisotopic (exact) mass is 215 g/mol. The minimum Gasteiger partial charge on any atom is -0.300 e. The second kappa shape index (κ2) is 5.54. The maximum absolute atomic E-state index is 5.01. The molecule has 0 radical (unpaired) electrons. The van der Waals surface area contributed by atoms with Crippen molar-refractivity contribution >= 4 is 23.5 Å². The van der Waals surface area contributed by atoms with Crippen LogP contribution < -0.4 is 5.90 Å². The lowest BCUT2D eigenvalue weighted by Crippen LogP contribution is -1.98. The Morgan fingerprint density at radius 1 is 1.23 bits per heavy atom. The van der Waals surface area contributed by atoms with E-state index in [9.17, 15) is 0 Å². The maximum atomic E-state index is 5.01. The molecule has 0 aliphatic heterocycles. The van der Waals surface area contributed by atoms with Gasteiger partial charge in [-0.3, -0.25) is 4.84 Å². The van der Waals surface area contributed by atoms with Crippen LogP contribution in [-0.2, 0) is 11.4 Å². The summed E-state index contributed by atoms with van der Waals surface area (Å²) < 4.78 is 0. The molecule has 0 aliphatic rings. The zero-order valence-electron chi connectivity index (χ0n) is 7.74. The molecule has 2 nitrogen and oxygen atoms in total. The summed E-state index contributed by atoms with van der Waals surface area (Å²) in [5.41, 5.74) is 1.12. The van der Waals surface area contributed by atoms with Crippen molar-refractivity contribution in [3.8, 4) is 0 Å². The second-order valence-corrected chi connectivity index (χ2v) is 4.20. The zero-order valence-corrected chi connectivity index (χ0v) is 9.37. The molecular formula is C9H13NOS2. The first-order chi connectivity index (χ1) is 6.31. The fourth-order valence-corrected chi connectivity index (χ4v) is 2.57. The van der Waals surface area contributed by atoms with Crippen LogP contribution in [0.1, 0.15) is 5.56 Å². The lowest BCUT2D eigenvalue weighted by molar-refractivity contribution is 0.124. The van der Waals surface area contributed by atoms with Gasteiger partial charge in [-0.05, 0) is 30.2 Å². The van der Waals surface area contributed by atoms with E-state index in [-0.39, 0.29) is 0 Å². The highest BCUT2D eigenvalue weighted by Gasteiger charge is 2.01. The molecule has 0 heterocycles. The first-order valence-corrected chi connectivity index (χ1v) is 6.29. The second-order valence-electron chi connectivity index (χ2n) is 2.50. The molecule has 1 rings (SSSR count). The highest BCUT2D eigenvalue weighted by molar-refractivity contribution is 8.01. The summed E-state index contributed by atoms with van der Waals surface area (Å²) >= 11 is 3.50. The van der Waals surface area contributed by atoms with E-state index >= 15 is 0 Å². The Balaban J connectivity index is 2.91. The topological polar surface area (TPSA) is 35.2 Å². The first kappa shape index (κ1) is 10.9. The number of rotatable bonds is 4. The maximum Gasteiger partial charge on any atom is 0.0930 e. The molecule has 0 unspecified atom stereocenters. The van der Waals surface area contributed by atoms with Crippen LogP contribution in [-0.4, -0.2) is 12.5 Å². The van der Waals surface area contributed by atoms with Gasteiger partial charge in [-0.2, -0.15) is 0 Å². The average Bonchev–Trinajstić information content (AvgIpc) is 2.18. The van der Waals surface area contributed by atoms with Gasteiger partial charge in [-0.15, -0.1) is 23.5 Å². The molecular weight excluding hydrogens is 202 g/mol. The Morgan fingerprint density at radius 3 is 2.46 bits per heavy atom. The van der Waals surface area contributed by atoms with Crippen molar-refractivity contribution in [3.63, 3.8) is 0 Å². The van der Waals surface area contributed by atoms with E-state index in [2.05, 4.69) is 29.5 Å². The van der Waals surface area contributed by atoms with Crippen molar-refractivity contribution < 1.29 is 4.84 Å². The van der Waals surface area contributed by atoms with Gasteiger partial charge in [0, 0.05) is 9.79 Å². The van der Waals surface area contributed by atoms with Crippen LogP contribution in [0.3, 0.4) is 0 Å². The van der Waals surface area contributed by atoms with Crippen LogP contribution in [0, 0.1) is 0 Å². The Morgan fingerprint density at radius 2 is 1.92 bits per heavy atom. The van der Waals surface area contributed by atoms with Gasteiger partial charge in [-0.1, -0.05) is 6.07 Å². The van der Waals surface area contributed by atoms with Gasteiger partial charge in [0.05, 0.1) is 6.61 Å². The van der Waals surface area contributed by atoms with Crippen molar-refractivity contribution in [3.05, 3.63) is 23.8 Å². The minimum atomic E-state index is 0.474. The van der Waals surface area contributed by atoms with E-state index in [1.807, 2.05) is 6.07 Å². The van der Waals surface area contributed by atoms with Crippen molar-refractivity contribution in [2.45, 2.75) is 16.4 Å². The molecule has 0 atom stereocenters. The Bertz CT molecular complexity index is 278. The SMILES string of the molecule is CSc1ccc(CON)cc1SC. The van der Waals surface area contributed by atoms with Crippen molar-refractivity contribution in [1.29, 1.82) is 0 Å². The predicted molar refractivity (Wildman–Crippen MR) is 59.0 cm³/mol. The quantitative estimate of drug-likeness (QED) is 0.618. The number of hydrogen-bond donors (Lipinski definition) is 1. The zero-order chi connectivity index (χ0) is 9.68. The van der Waals surface area contributed by atoms with Gasteiger partial charge in [0.15, 0.2) is 0 Å². The van der Waals surface area contributed by atoms with Crippen LogP contribution >= 0.6 is 23.5 Å². The van der Waals surface area contributed by atoms with E-state index in [1.54, 1.807) is 23.5 Å². The summed E-state index contributed by atoms with van der Waals surface area (Å²) in [6.07, 6.45) is 4.15. The summed E-state index contributed by atoms with van der Waals surface area (Å²) in [5.74, 6) is 5.01. The molecule has 0 saturated carbocycles. The number of hydrogen-bond acceptors (Lipinski definition) is 4. The van der Waals surface area contributed by atoms with Crippen molar-refractivity contribution in [2.24, 2.45) is 5.90 Å². The molecule has 0 aromatic heterocycles. The molecule has 4 heteroatoms. The van der Waals surface area contributed by atoms with E-state index in [4.69, 9.17) is 5.90 Å². The molecule has 72 valence electrons. The summed E-state index contributed by atoms with van der Waals surface area (Å²) in [4.78, 5) is 7.16. The van der Waals surface area contributed by atoms with Crippen molar-refractivity contribution in [1.82, 2.24) is 0 Å². The lowest BCUT2D eigenvalue weighted by atomic mass is 10.2. The third kappa shape index (κ3) is 2.91. The van der Waals surface area contributed by atoms with Crippen molar-refractivity contribution in [2.75, 3.05) is 12.5 Å². The molecule has 0 bridgehead atoms. The number of benzene rings is 1. The number of nitrogens with two attached hydrogens (primary N) is 1. The van der Waals surface area contributed by atoms with Gasteiger partial charge in [0.1, 0.15) is 0 Å². The summed E-state index contributed by atoms with van der Waals surface area (Å²) in [5, 5.41) is 0. The summed E-state index contributed by atoms with van der Waals surface area (Å²) in [6, 6.07) is 6.26. The molecule has 0 spiro atoms. The minimum absolute atomic E-state index is 0.474. The number of thioether (sulfide) groups is 2. The van der Waals surface area contributed by atoms with Gasteiger partial charge in [-0.25, -0.2) is 5.90 Å². The van der Waals surface area contributed by atoms with E-state index < -0.39 is 0 Å². The smallest absolute Gasteiger partial charge is 0.0930 e. The van der Waals surface area contributed by atoms with Gasteiger partial charge in [0.2, 0.25) is 0 Å². The molecule has 1 aromatic rings. The fraction of sp³-hybridized carbons (Fsp3) is 0.333. The Kier molecular flexibility index (Phi) is 4.66. The predicted octanol–water partition coefficient (Wildman–Crippen LogP) is 2.52. The van der Waals surface area contributed by atoms with Crippen LogP contribution in [0.2, 0.25) is 0 Å². The van der Waals surface area contributed by atoms with Gasteiger partial charge < -0.3 is 0 Å². The molecule has 0 fully saturated rings. The Hall–Kier alpha value is -0.160. The molecule has 0 amide bonds. The van der Waals surface area contributed by atoms with E-state index in [0.717, 1.165) is 5.56 Å². The third-order valence-corrected chi connectivity index (χ3v) is 3.40. The van der Waals surface area contributed by atoms with Crippen LogP contribution in [0.5, 0.6) is 0 Å². The van der Waals surface area contributed by atoms with E-state index in [0.29, 0.717) is 6.61 Å². The molecule has 1 aromatic carbocycles. The average molecular weight is 215 g/mol. The van der Waals surface area contributed by atoms with Crippen LogP contribution in [0.15, 0.2) is 28.0 Å². The largest absolute Gasteiger partial charge is 0.300 e. The van der Waals surface area contributed by atoms with Crippen LogP contribution in [0.25, 0.3) is 0 Å². The molecule has 13 heavy (non-hydrogen) atoms. The standard InChI is InChI=1S/C9H13NOS2/c1-12-8-4-3-7(6-11-10)5-9(8)13-2/h3-5H,6,10H2,1-2H3. The first-order valence-electron chi connectivity index (χ1n) is 3.84. The molecule has 0 saturated heterocycles. The van der Waals surface area contributed by atoms with Gasteiger partial charge in [0.25, 0.3) is 0 Å².